The summed E-state index contributed by atoms with van der Waals surface area (Å²) in [6.07, 6.45) is 0.217. The van der Waals surface area contributed by atoms with Crippen LogP contribution in [0.15, 0.2) is 76.0 Å². The van der Waals surface area contributed by atoms with E-state index in [0.717, 1.165) is 33.9 Å². The Bertz CT molecular complexity index is 859. The molecule has 5 heteroatoms. The first-order chi connectivity index (χ1) is 13.2. The van der Waals surface area contributed by atoms with Gasteiger partial charge in [-0.15, -0.1) is 4.72 Å². The number of carbonyl (C=O) groups is 1. The van der Waals surface area contributed by atoms with E-state index in [0.29, 0.717) is 6.61 Å². The van der Waals surface area contributed by atoms with E-state index in [2.05, 4.69) is 35.9 Å². The number of furan rings is 1. The maximum Gasteiger partial charge on any atom is 0.308 e. The largest absolute Gasteiger partial charge is 0.466 e. The third kappa shape index (κ3) is 5.49. The highest BCUT2D eigenvalue weighted by Gasteiger charge is 2.24. The van der Waals surface area contributed by atoms with Gasteiger partial charge in [-0.25, -0.2) is 0 Å². The summed E-state index contributed by atoms with van der Waals surface area (Å²) in [4.78, 5) is 13.2. The summed E-state index contributed by atoms with van der Waals surface area (Å²) in [7, 11) is 0. The molecule has 0 radical (unpaired) electrons. The molecular weight excluding hydrogens is 358 g/mol. The van der Waals surface area contributed by atoms with Crippen molar-refractivity contribution in [1.29, 1.82) is 0 Å². The molecular formula is C22H24NO3S+. The summed E-state index contributed by atoms with van der Waals surface area (Å²) in [5.74, 6) is 1.27. The second-order valence-corrected chi connectivity index (χ2v) is 7.20. The van der Waals surface area contributed by atoms with E-state index in [1.54, 1.807) is 0 Å². The SMILES string of the molecule is CCOC(=O)CC(N[SH+]c1ccc(C)cc1)c1ccc(-c2ccccc2)o1. The average Bonchev–Trinajstić information content (AvgIpc) is 3.17. The fourth-order valence-electron chi connectivity index (χ4n) is 2.67. The third-order valence-electron chi connectivity index (χ3n) is 4.09. The van der Waals surface area contributed by atoms with Crippen LogP contribution < -0.4 is 4.72 Å². The Hall–Kier alpha value is -2.50. The zero-order valence-corrected chi connectivity index (χ0v) is 16.4. The van der Waals surface area contributed by atoms with Gasteiger partial charge in [0.15, 0.2) is 4.90 Å². The number of benzene rings is 2. The Labute approximate surface area is 164 Å². The van der Waals surface area contributed by atoms with E-state index in [1.165, 1.54) is 5.56 Å². The van der Waals surface area contributed by atoms with Gasteiger partial charge in [-0.3, -0.25) is 4.79 Å². The van der Waals surface area contributed by atoms with Crippen molar-refractivity contribution in [3.8, 4) is 11.3 Å². The molecule has 0 saturated carbocycles. The van der Waals surface area contributed by atoms with Gasteiger partial charge in [-0.05, 0) is 38.1 Å². The van der Waals surface area contributed by atoms with Crippen molar-refractivity contribution in [2.45, 2.75) is 31.2 Å². The molecule has 3 rings (SSSR count). The molecule has 0 bridgehead atoms. The van der Waals surface area contributed by atoms with Gasteiger partial charge >= 0.3 is 5.97 Å². The molecule has 0 aliphatic heterocycles. The zero-order chi connectivity index (χ0) is 19.1. The van der Waals surface area contributed by atoms with E-state index in [4.69, 9.17) is 9.15 Å². The van der Waals surface area contributed by atoms with Crippen LogP contribution in [0.5, 0.6) is 0 Å². The van der Waals surface area contributed by atoms with Gasteiger partial charge in [0, 0.05) is 5.56 Å². The van der Waals surface area contributed by atoms with Gasteiger partial charge in [-0.2, -0.15) is 0 Å². The van der Waals surface area contributed by atoms with Crippen molar-refractivity contribution in [2.24, 2.45) is 0 Å². The van der Waals surface area contributed by atoms with Gasteiger partial charge in [-0.1, -0.05) is 48.0 Å². The maximum absolute atomic E-state index is 12.1. The molecule has 0 saturated heterocycles. The molecule has 0 aliphatic carbocycles. The first-order valence-corrected chi connectivity index (χ1v) is 9.89. The minimum Gasteiger partial charge on any atom is -0.466 e. The van der Waals surface area contributed by atoms with Crippen molar-refractivity contribution in [3.05, 3.63) is 78.1 Å². The fourth-order valence-corrected chi connectivity index (χ4v) is 3.49. The van der Waals surface area contributed by atoms with E-state index in [-0.39, 0.29) is 18.4 Å². The molecule has 1 atom stereocenters. The molecule has 3 aromatic rings. The number of thiol groups is 1. The monoisotopic (exact) mass is 382 g/mol. The van der Waals surface area contributed by atoms with Gasteiger partial charge in [0.25, 0.3) is 0 Å². The Morgan fingerprint density at radius 3 is 2.52 bits per heavy atom. The second kappa shape index (κ2) is 9.44. The predicted octanol–water partition coefficient (Wildman–Crippen LogP) is 4.63. The lowest BCUT2D eigenvalue weighted by atomic mass is 10.1. The normalized spacial score (nSPS) is 11.9. The van der Waals surface area contributed by atoms with Crippen molar-refractivity contribution < 1.29 is 13.9 Å². The van der Waals surface area contributed by atoms with Crippen molar-refractivity contribution in [2.75, 3.05) is 6.61 Å². The van der Waals surface area contributed by atoms with Crippen LogP contribution in [0.4, 0.5) is 0 Å². The van der Waals surface area contributed by atoms with E-state index in [1.807, 2.05) is 49.4 Å². The van der Waals surface area contributed by atoms with E-state index in [9.17, 15) is 4.79 Å². The minimum absolute atomic E-state index is 0.217. The Balaban J connectivity index is 1.75. The average molecular weight is 383 g/mol. The highest BCUT2D eigenvalue weighted by Crippen LogP contribution is 2.27. The van der Waals surface area contributed by atoms with Crippen LogP contribution in [0, 0.1) is 6.92 Å². The fraction of sp³-hybridized carbons (Fsp3) is 0.227. The summed E-state index contributed by atoms with van der Waals surface area (Å²) < 4.78 is 14.6. The van der Waals surface area contributed by atoms with Crippen LogP contribution in [-0.4, -0.2) is 12.6 Å². The lowest BCUT2D eigenvalue weighted by Gasteiger charge is -2.11. The number of rotatable bonds is 8. The number of hydrogen-bond donors (Lipinski definition) is 1. The van der Waals surface area contributed by atoms with Crippen LogP contribution in [0.3, 0.4) is 0 Å². The van der Waals surface area contributed by atoms with Gasteiger partial charge in [0.05, 0.1) is 25.0 Å². The Morgan fingerprint density at radius 2 is 1.81 bits per heavy atom. The zero-order valence-electron chi connectivity index (χ0n) is 15.5. The summed E-state index contributed by atoms with van der Waals surface area (Å²) in [6, 6.07) is 21.8. The molecule has 4 nitrogen and oxygen atoms in total. The van der Waals surface area contributed by atoms with Crippen LogP contribution in [0.2, 0.25) is 0 Å². The van der Waals surface area contributed by atoms with Crippen molar-refractivity contribution in [1.82, 2.24) is 4.72 Å². The van der Waals surface area contributed by atoms with Crippen LogP contribution in [-0.2, 0) is 21.5 Å². The summed E-state index contributed by atoms with van der Waals surface area (Å²) >= 11 is 0.923. The topological polar surface area (TPSA) is 51.5 Å². The standard InChI is InChI=1S/C22H23NO3S/c1-3-25-22(24)15-19(23-27-18-11-9-16(2)10-12-18)21-14-13-20(26-21)17-7-5-4-6-8-17/h4-14,19,23H,3,15H2,1-2H3/p+1. The second-order valence-electron chi connectivity index (χ2n) is 6.21. The minimum atomic E-state index is -0.260. The number of esters is 1. The molecule has 0 amide bonds. The number of carbonyl (C=O) groups excluding carboxylic acids is 1. The van der Waals surface area contributed by atoms with Crippen molar-refractivity contribution in [3.63, 3.8) is 0 Å². The van der Waals surface area contributed by atoms with Gasteiger partial charge < -0.3 is 9.15 Å². The lowest BCUT2D eigenvalue weighted by Crippen LogP contribution is -2.23. The third-order valence-corrected chi connectivity index (χ3v) is 5.09. The van der Waals surface area contributed by atoms with Gasteiger partial charge in [0.1, 0.15) is 17.6 Å². The molecule has 1 N–H and O–H groups in total. The summed E-state index contributed by atoms with van der Waals surface area (Å²) in [6.45, 7) is 4.24. The highest BCUT2D eigenvalue weighted by atomic mass is 32.2. The molecule has 27 heavy (non-hydrogen) atoms. The molecule has 0 fully saturated rings. The summed E-state index contributed by atoms with van der Waals surface area (Å²) in [5, 5.41) is 0. The molecule has 1 heterocycles. The quantitative estimate of drug-likeness (QED) is 0.351. The number of hydrogen-bond acceptors (Lipinski definition) is 4. The molecule has 0 spiro atoms. The number of aryl methyl sites for hydroxylation is 1. The van der Waals surface area contributed by atoms with Crippen molar-refractivity contribution >= 4 is 17.9 Å². The van der Waals surface area contributed by atoms with Crippen LogP contribution in [0.25, 0.3) is 11.3 Å². The predicted molar refractivity (Wildman–Crippen MR) is 109 cm³/mol. The van der Waals surface area contributed by atoms with Crippen LogP contribution in [0.1, 0.15) is 30.7 Å². The number of ether oxygens (including phenoxy) is 1. The first kappa shape index (κ1) is 19.3. The molecule has 1 unspecified atom stereocenters. The summed E-state index contributed by atoms with van der Waals surface area (Å²) in [5.41, 5.74) is 2.23. The molecule has 1 aromatic heterocycles. The number of nitrogens with one attached hydrogen (secondary N) is 1. The van der Waals surface area contributed by atoms with Crippen LogP contribution >= 0.6 is 0 Å². The molecule has 2 aromatic carbocycles. The first-order valence-electron chi connectivity index (χ1n) is 8.99. The Morgan fingerprint density at radius 1 is 1.07 bits per heavy atom. The molecule has 0 aliphatic rings. The van der Waals surface area contributed by atoms with E-state index < -0.39 is 0 Å². The highest BCUT2D eigenvalue weighted by molar-refractivity contribution is 7.76. The maximum atomic E-state index is 12.1. The smallest absolute Gasteiger partial charge is 0.308 e. The lowest BCUT2D eigenvalue weighted by molar-refractivity contribution is -0.143. The molecule has 140 valence electrons. The van der Waals surface area contributed by atoms with E-state index >= 15 is 0 Å². The van der Waals surface area contributed by atoms with Gasteiger partial charge in [0.2, 0.25) is 0 Å². The Kier molecular flexibility index (Phi) is 6.74.